The van der Waals surface area contributed by atoms with E-state index in [1.807, 2.05) is 6.92 Å². The van der Waals surface area contributed by atoms with Crippen LogP contribution in [0.3, 0.4) is 0 Å². The third-order valence-corrected chi connectivity index (χ3v) is 1.57. The summed E-state index contributed by atoms with van der Waals surface area (Å²) in [5.41, 5.74) is 0. The van der Waals surface area contributed by atoms with Crippen LogP contribution in [0.1, 0.15) is 26.2 Å². The molecule has 0 saturated heterocycles. The van der Waals surface area contributed by atoms with Gasteiger partial charge in [-0.15, -0.1) is 0 Å². The first-order chi connectivity index (χ1) is 5.35. The van der Waals surface area contributed by atoms with Crippen molar-refractivity contribution in [1.29, 1.82) is 0 Å². The highest BCUT2D eigenvalue weighted by molar-refractivity contribution is 4.76. The Labute approximate surface area is 69.2 Å². The summed E-state index contributed by atoms with van der Waals surface area (Å²) in [7, 11) is 3.34. The molecule has 0 heterocycles. The lowest BCUT2D eigenvalue weighted by Crippen LogP contribution is -2.11. The summed E-state index contributed by atoms with van der Waals surface area (Å²) in [5.74, 6) is 0. The van der Waals surface area contributed by atoms with E-state index in [1.54, 1.807) is 14.2 Å². The summed E-state index contributed by atoms with van der Waals surface area (Å²) < 4.78 is 10.1. The van der Waals surface area contributed by atoms with Crippen molar-refractivity contribution in [3.8, 4) is 0 Å². The summed E-state index contributed by atoms with van der Waals surface area (Å²) in [4.78, 5) is 0. The average molecular weight is 158 g/mol. The first-order valence-corrected chi connectivity index (χ1v) is 4.02. The van der Waals surface area contributed by atoms with E-state index < -0.39 is 0 Å². The summed E-state index contributed by atoms with van der Waals surface area (Å²) in [6, 6.07) is 0. The molecule has 0 aromatic carbocycles. The highest BCUT2D eigenvalue weighted by Gasteiger charge is 2.01. The predicted octanol–water partition coefficient (Wildman–Crippen LogP) is 2.35. The molecule has 66 valence electrons. The molecule has 0 aromatic rings. The standard InChI is InChI=1S/C9H18O2/c1-4-5-6-7-8-9(10-2)11-3/h4-5,9H,6-8H2,1-3H3/b5-4+. The van der Waals surface area contributed by atoms with Crippen LogP contribution in [0.4, 0.5) is 0 Å². The van der Waals surface area contributed by atoms with Crippen molar-refractivity contribution in [3.63, 3.8) is 0 Å². The molecule has 0 saturated carbocycles. The Bertz CT molecular complexity index is 95.7. The molecule has 0 aromatic heterocycles. The molecule has 2 heteroatoms. The fraction of sp³-hybridized carbons (Fsp3) is 0.778. The molecule has 0 atom stereocenters. The minimum absolute atomic E-state index is 0.0275. The third kappa shape index (κ3) is 6.07. The molecule has 0 unspecified atom stereocenters. The van der Waals surface area contributed by atoms with Crippen molar-refractivity contribution in [2.75, 3.05) is 14.2 Å². The largest absolute Gasteiger partial charge is 0.356 e. The van der Waals surface area contributed by atoms with Crippen LogP contribution in [-0.4, -0.2) is 20.5 Å². The molecular formula is C9H18O2. The second-order valence-corrected chi connectivity index (χ2v) is 2.40. The van der Waals surface area contributed by atoms with E-state index in [0.717, 1.165) is 19.3 Å². The smallest absolute Gasteiger partial charge is 0.156 e. The Balaban J connectivity index is 3.21. The van der Waals surface area contributed by atoms with Gasteiger partial charge in [0.05, 0.1) is 0 Å². The second-order valence-electron chi connectivity index (χ2n) is 2.40. The van der Waals surface area contributed by atoms with Crippen LogP contribution in [0.15, 0.2) is 12.2 Å². The number of methoxy groups -OCH3 is 2. The van der Waals surface area contributed by atoms with E-state index in [0.29, 0.717) is 0 Å². The maximum Gasteiger partial charge on any atom is 0.156 e. The first kappa shape index (κ1) is 10.7. The van der Waals surface area contributed by atoms with Gasteiger partial charge < -0.3 is 9.47 Å². The van der Waals surface area contributed by atoms with Gasteiger partial charge in [-0.25, -0.2) is 0 Å². The lowest BCUT2D eigenvalue weighted by molar-refractivity contribution is -0.106. The van der Waals surface area contributed by atoms with Crippen molar-refractivity contribution in [2.45, 2.75) is 32.5 Å². The molecule has 2 nitrogen and oxygen atoms in total. The monoisotopic (exact) mass is 158 g/mol. The van der Waals surface area contributed by atoms with Crippen LogP contribution >= 0.6 is 0 Å². The SMILES string of the molecule is C/C=C/CCCC(OC)OC. The van der Waals surface area contributed by atoms with Crippen LogP contribution in [0.25, 0.3) is 0 Å². The minimum Gasteiger partial charge on any atom is -0.356 e. The van der Waals surface area contributed by atoms with Crippen LogP contribution < -0.4 is 0 Å². The summed E-state index contributed by atoms with van der Waals surface area (Å²) in [5, 5.41) is 0. The van der Waals surface area contributed by atoms with Gasteiger partial charge in [-0.1, -0.05) is 12.2 Å². The number of rotatable bonds is 6. The fourth-order valence-electron chi connectivity index (χ4n) is 0.901. The van der Waals surface area contributed by atoms with E-state index in [2.05, 4.69) is 12.2 Å². The predicted molar refractivity (Wildman–Crippen MR) is 46.5 cm³/mol. The van der Waals surface area contributed by atoms with Gasteiger partial charge in [0.2, 0.25) is 0 Å². The number of unbranched alkanes of at least 4 members (excludes halogenated alkanes) is 1. The molecule has 0 radical (unpaired) electrons. The van der Waals surface area contributed by atoms with Crippen molar-refractivity contribution < 1.29 is 9.47 Å². The van der Waals surface area contributed by atoms with Gasteiger partial charge >= 0.3 is 0 Å². The first-order valence-electron chi connectivity index (χ1n) is 4.02. The van der Waals surface area contributed by atoms with E-state index in [4.69, 9.17) is 9.47 Å². The maximum atomic E-state index is 5.03. The zero-order valence-electron chi connectivity index (χ0n) is 7.67. The summed E-state index contributed by atoms with van der Waals surface area (Å²) in [6.07, 6.45) is 7.39. The number of ether oxygens (including phenoxy) is 2. The third-order valence-electron chi connectivity index (χ3n) is 1.57. The van der Waals surface area contributed by atoms with Crippen molar-refractivity contribution in [1.82, 2.24) is 0 Å². The topological polar surface area (TPSA) is 18.5 Å². The van der Waals surface area contributed by atoms with Gasteiger partial charge in [-0.05, 0) is 26.2 Å². The van der Waals surface area contributed by atoms with E-state index in [9.17, 15) is 0 Å². The Morgan fingerprint density at radius 1 is 1.27 bits per heavy atom. The van der Waals surface area contributed by atoms with Crippen molar-refractivity contribution >= 4 is 0 Å². The van der Waals surface area contributed by atoms with E-state index in [-0.39, 0.29) is 6.29 Å². The molecule has 0 aliphatic carbocycles. The highest BCUT2D eigenvalue weighted by Crippen LogP contribution is 2.04. The lowest BCUT2D eigenvalue weighted by atomic mass is 10.2. The Morgan fingerprint density at radius 3 is 2.36 bits per heavy atom. The molecule has 0 amide bonds. The molecular weight excluding hydrogens is 140 g/mol. The highest BCUT2D eigenvalue weighted by atomic mass is 16.7. The van der Waals surface area contributed by atoms with Crippen molar-refractivity contribution in [3.05, 3.63) is 12.2 Å². The van der Waals surface area contributed by atoms with Gasteiger partial charge in [-0.3, -0.25) is 0 Å². The Hall–Kier alpha value is -0.340. The molecule has 11 heavy (non-hydrogen) atoms. The van der Waals surface area contributed by atoms with Crippen molar-refractivity contribution in [2.24, 2.45) is 0 Å². The fourth-order valence-corrected chi connectivity index (χ4v) is 0.901. The second kappa shape index (κ2) is 7.76. The average Bonchev–Trinajstić information content (AvgIpc) is 2.05. The molecule has 0 rings (SSSR count). The summed E-state index contributed by atoms with van der Waals surface area (Å²) >= 11 is 0. The molecule has 0 N–H and O–H groups in total. The maximum absolute atomic E-state index is 5.03. The van der Waals surface area contributed by atoms with Crippen LogP contribution in [0, 0.1) is 0 Å². The molecule has 0 fully saturated rings. The van der Waals surface area contributed by atoms with E-state index >= 15 is 0 Å². The normalized spacial score (nSPS) is 11.6. The summed E-state index contributed by atoms with van der Waals surface area (Å²) in [6.45, 7) is 2.03. The zero-order chi connectivity index (χ0) is 8.53. The minimum atomic E-state index is -0.0275. The van der Waals surface area contributed by atoms with E-state index in [1.165, 1.54) is 0 Å². The quantitative estimate of drug-likeness (QED) is 0.335. The van der Waals surface area contributed by atoms with Gasteiger partial charge in [0.15, 0.2) is 6.29 Å². The molecule has 0 aliphatic heterocycles. The van der Waals surface area contributed by atoms with Crippen LogP contribution in [0.2, 0.25) is 0 Å². The number of hydrogen-bond donors (Lipinski definition) is 0. The van der Waals surface area contributed by atoms with Gasteiger partial charge in [0, 0.05) is 14.2 Å². The number of hydrogen-bond acceptors (Lipinski definition) is 2. The van der Waals surface area contributed by atoms with Crippen LogP contribution in [0.5, 0.6) is 0 Å². The van der Waals surface area contributed by atoms with Gasteiger partial charge in [-0.2, -0.15) is 0 Å². The number of allylic oxidation sites excluding steroid dienone is 2. The molecule has 0 spiro atoms. The Kier molecular flexibility index (Phi) is 7.52. The molecule has 0 bridgehead atoms. The zero-order valence-corrected chi connectivity index (χ0v) is 7.67. The van der Waals surface area contributed by atoms with Gasteiger partial charge in [0.1, 0.15) is 0 Å². The van der Waals surface area contributed by atoms with Crippen LogP contribution in [-0.2, 0) is 9.47 Å². The lowest BCUT2D eigenvalue weighted by Gasteiger charge is -2.11. The molecule has 0 aliphatic rings. The van der Waals surface area contributed by atoms with Gasteiger partial charge in [0.25, 0.3) is 0 Å². The Morgan fingerprint density at radius 2 is 1.91 bits per heavy atom.